The number of hydrogen-bond donors (Lipinski definition) is 1. The summed E-state index contributed by atoms with van der Waals surface area (Å²) in [6.45, 7) is 10.6. The zero-order valence-electron chi connectivity index (χ0n) is 11.2. The number of likely N-dealkylation sites (tertiary alicyclic amines) is 1. The molecule has 1 aliphatic heterocycles. The zero-order valence-corrected chi connectivity index (χ0v) is 11.2. The summed E-state index contributed by atoms with van der Waals surface area (Å²) in [5.41, 5.74) is 6.48. The van der Waals surface area contributed by atoms with Gasteiger partial charge in [0.25, 0.3) is 0 Å². The first-order valence-corrected chi connectivity index (χ1v) is 7.00. The van der Waals surface area contributed by atoms with Crippen molar-refractivity contribution in [3.05, 3.63) is 0 Å². The van der Waals surface area contributed by atoms with Crippen LogP contribution in [0.1, 0.15) is 46.5 Å². The summed E-state index contributed by atoms with van der Waals surface area (Å²) in [6, 6.07) is 0. The topological polar surface area (TPSA) is 29.3 Å². The molecule has 16 heavy (non-hydrogen) atoms. The normalized spacial score (nSPS) is 28.3. The summed E-state index contributed by atoms with van der Waals surface area (Å²) in [4.78, 5) is 2.59. The third-order valence-electron chi connectivity index (χ3n) is 4.65. The summed E-state index contributed by atoms with van der Waals surface area (Å²) < 4.78 is 0. The van der Waals surface area contributed by atoms with Crippen molar-refractivity contribution < 1.29 is 0 Å². The second-order valence-electron chi connectivity index (χ2n) is 6.64. The first kappa shape index (κ1) is 12.4. The van der Waals surface area contributed by atoms with Crippen molar-refractivity contribution in [1.82, 2.24) is 4.90 Å². The molecule has 2 N–H and O–H groups in total. The van der Waals surface area contributed by atoms with Crippen LogP contribution in [0.2, 0.25) is 0 Å². The third kappa shape index (κ3) is 2.98. The molecule has 1 heterocycles. The molecular formula is C14H28N2. The van der Waals surface area contributed by atoms with Gasteiger partial charge >= 0.3 is 0 Å². The van der Waals surface area contributed by atoms with E-state index in [1.807, 2.05) is 0 Å². The van der Waals surface area contributed by atoms with E-state index < -0.39 is 0 Å². The molecule has 1 saturated carbocycles. The van der Waals surface area contributed by atoms with Gasteiger partial charge in [-0.1, -0.05) is 13.8 Å². The zero-order chi connectivity index (χ0) is 11.8. The van der Waals surface area contributed by atoms with E-state index in [4.69, 9.17) is 5.73 Å². The van der Waals surface area contributed by atoms with Gasteiger partial charge in [0.2, 0.25) is 0 Å². The van der Waals surface area contributed by atoms with Crippen LogP contribution in [0.15, 0.2) is 0 Å². The van der Waals surface area contributed by atoms with Crippen molar-refractivity contribution in [3.63, 3.8) is 0 Å². The Morgan fingerprint density at radius 1 is 1.19 bits per heavy atom. The molecule has 0 aromatic rings. The molecule has 2 heteroatoms. The van der Waals surface area contributed by atoms with Crippen molar-refractivity contribution in [3.8, 4) is 0 Å². The predicted octanol–water partition coefficient (Wildman–Crippen LogP) is 2.48. The summed E-state index contributed by atoms with van der Waals surface area (Å²) >= 11 is 0. The van der Waals surface area contributed by atoms with Gasteiger partial charge in [0.1, 0.15) is 0 Å². The van der Waals surface area contributed by atoms with Crippen LogP contribution in [0, 0.1) is 17.8 Å². The van der Waals surface area contributed by atoms with Crippen LogP contribution in [-0.4, -0.2) is 30.1 Å². The Morgan fingerprint density at radius 3 is 2.19 bits per heavy atom. The monoisotopic (exact) mass is 224 g/mol. The van der Waals surface area contributed by atoms with E-state index in [0.717, 1.165) is 24.3 Å². The highest BCUT2D eigenvalue weighted by Crippen LogP contribution is 2.39. The van der Waals surface area contributed by atoms with Gasteiger partial charge in [-0.3, -0.25) is 0 Å². The lowest BCUT2D eigenvalue weighted by molar-refractivity contribution is 0.127. The summed E-state index contributed by atoms with van der Waals surface area (Å²) in [5, 5.41) is 0. The quantitative estimate of drug-likeness (QED) is 0.795. The fraction of sp³-hybridized carbons (Fsp3) is 1.00. The van der Waals surface area contributed by atoms with Crippen LogP contribution in [0.25, 0.3) is 0 Å². The highest BCUT2D eigenvalue weighted by Gasteiger charge is 2.39. The fourth-order valence-electron chi connectivity index (χ4n) is 3.13. The minimum Gasteiger partial charge on any atom is -0.324 e. The van der Waals surface area contributed by atoms with Gasteiger partial charge in [0.05, 0.1) is 0 Å². The van der Waals surface area contributed by atoms with Crippen LogP contribution >= 0.6 is 0 Å². The van der Waals surface area contributed by atoms with Gasteiger partial charge in [0.15, 0.2) is 0 Å². The van der Waals surface area contributed by atoms with Gasteiger partial charge in [-0.25, -0.2) is 0 Å². The SMILES string of the molecule is CC(C)C1CCN(CC(C)(N)C2CC2)CC1. The molecule has 2 nitrogen and oxygen atoms in total. The Labute approximate surface area is 101 Å². The Kier molecular flexibility index (Phi) is 3.60. The van der Waals surface area contributed by atoms with Crippen LogP contribution in [0.5, 0.6) is 0 Å². The first-order chi connectivity index (χ1) is 7.49. The average molecular weight is 224 g/mol. The largest absolute Gasteiger partial charge is 0.324 e. The highest BCUT2D eigenvalue weighted by molar-refractivity contribution is 4.97. The molecule has 1 aliphatic carbocycles. The summed E-state index contributed by atoms with van der Waals surface area (Å²) in [5.74, 6) is 2.60. The van der Waals surface area contributed by atoms with Gasteiger partial charge in [-0.05, 0) is 63.5 Å². The van der Waals surface area contributed by atoms with Crippen LogP contribution in [0.4, 0.5) is 0 Å². The third-order valence-corrected chi connectivity index (χ3v) is 4.65. The lowest BCUT2D eigenvalue weighted by atomic mass is 9.86. The molecule has 0 radical (unpaired) electrons. The molecule has 1 saturated heterocycles. The summed E-state index contributed by atoms with van der Waals surface area (Å²) in [6.07, 6.45) is 5.46. The molecule has 2 rings (SSSR count). The van der Waals surface area contributed by atoms with E-state index in [-0.39, 0.29) is 5.54 Å². The lowest BCUT2D eigenvalue weighted by Gasteiger charge is -2.38. The van der Waals surface area contributed by atoms with Crippen molar-refractivity contribution in [2.75, 3.05) is 19.6 Å². The van der Waals surface area contributed by atoms with Gasteiger partial charge in [-0.2, -0.15) is 0 Å². The van der Waals surface area contributed by atoms with E-state index in [1.54, 1.807) is 0 Å². The minimum absolute atomic E-state index is 0.0741. The smallest absolute Gasteiger partial charge is 0.0283 e. The second-order valence-corrected chi connectivity index (χ2v) is 6.64. The van der Waals surface area contributed by atoms with Gasteiger partial charge in [0, 0.05) is 12.1 Å². The number of rotatable bonds is 4. The molecule has 2 aliphatic rings. The Balaban J connectivity index is 1.76. The highest BCUT2D eigenvalue weighted by atomic mass is 15.2. The Morgan fingerprint density at radius 2 is 1.75 bits per heavy atom. The fourth-order valence-corrected chi connectivity index (χ4v) is 3.13. The lowest BCUT2D eigenvalue weighted by Crippen LogP contribution is -2.51. The van der Waals surface area contributed by atoms with E-state index in [2.05, 4.69) is 25.7 Å². The Bertz CT molecular complexity index is 223. The van der Waals surface area contributed by atoms with E-state index >= 15 is 0 Å². The van der Waals surface area contributed by atoms with Crippen LogP contribution in [-0.2, 0) is 0 Å². The molecule has 1 atom stereocenters. The standard InChI is InChI=1S/C14H28N2/c1-11(2)12-6-8-16(9-7-12)10-14(3,15)13-4-5-13/h11-13H,4-10,15H2,1-3H3. The Hall–Kier alpha value is -0.0800. The first-order valence-electron chi connectivity index (χ1n) is 7.00. The predicted molar refractivity (Wildman–Crippen MR) is 69.3 cm³/mol. The van der Waals surface area contributed by atoms with Crippen molar-refractivity contribution in [2.45, 2.75) is 52.0 Å². The molecule has 0 spiro atoms. The molecule has 94 valence electrons. The molecule has 1 unspecified atom stereocenters. The number of nitrogens with two attached hydrogens (primary N) is 1. The second kappa shape index (κ2) is 4.66. The van der Waals surface area contributed by atoms with E-state index in [1.165, 1.54) is 38.8 Å². The maximum Gasteiger partial charge on any atom is 0.0283 e. The van der Waals surface area contributed by atoms with Crippen molar-refractivity contribution in [2.24, 2.45) is 23.5 Å². The number of nitrogens with zero attached hydrogens (tertiary/aromatic N) is 1. The van der Waals surface area contributed by atoms with Crippen molar-refractivity contribution >= 4 is 0 Å². The maximum absolute atomic E-state index is 6.41. The molecular weight excluding hydrogens is 196 g/mol. The van der Waals surface area contributed by atoms with Gasteiger partial charge in [-0.15, -0.1) is 0 Å². The van der Waals surface area contributed by atoms with Crippen LogP contribution in [0.3, 0.4) is 0 Å². The molecule has 0 aromatic heterocycles. The molecule has 2 fully saturated rings. The minimum atomic E-state index is 0.0741. The molecule has 0 bridgehead atoms. The van der Waals surface area contributed by atoms with Gasteiger partial charge < -0.3 is 10.6 Å². The molecule has 0 aromatic carbocycles. The maximum atomic E-state index is 6.41. The average Bonchev–Trinajstić information content (AvgIpc) is 3.01. The van der Waals surface area contributed by atoms with Crippen molar-refractivity contribution in [1.29, 1.82) is 0 Å². The summed E-state index contributed by atoms with van der Waals surface area (Å²) in [7, 11) is 0. The van der Waals surface area contributed by atoms with E-state index in [9.17, 15) is 0 Å². The molecule has 0 amide bonds. The number of hydrogen-bond acceptors (Lipinski definition) is 2. The van der Waals surface area contributed by atoms with E-state index in [0.29, 0.717) is 0 Å². The van der Waals surface area contributed by atoms with Crippen LogP contribution < -0.4 is 5.73 Å². The number of piperidine rings is 1.